The Morgan fingerprint density at radius 2 is 1.64 bits per heavy atom. The van der Waals surface area contributed by atoms with E-state index in [1.807, 2.05) is 0 Å². The molecule has 7 heteroatoms. The maximum absolute atomic E-state index is 13.0. The van der Waals surface area contributed by atoms with Crippen LogP contribution in [0.4, 0.5) is 18.9 Å². The van der Waals surface area contributed by atoms with Gasteiger partial charge in [-0.25, -0.2) is 0 Å². The molecule has 112 valence electrons. The molecular weight excluding hydrogens is 295 g/mol. The molecule has 0 radical (unpaired) electrons. The Labute approximate surface area is 123 Å². The van der Waals surface area contributed by atoms with Crippen LogP contribution in [-0.4, -0.2) is 10.1 Å². The Morgan fingerprint density at radius 1 is 0.955 bits per heavy atom. The normalized spacial score (nSPS) is 11.6. The lowest BCUT2D eigenvalue weighted by molar-refractivity contribution is -0.137. The van der Waals surface area contributed by atoms with Crippen LogP contribution >= 0.6 is 0 Å². The molecule has 0 aliphatic carbocycles. The summed E-state index contributed by atoms with van der Waals surface area (Å²) >= 11 is 0. The Hall–Kier alpha value is -2.83. The zero-order valence-electron chi connectivity index (χ0n) is 11.1. The molecule has 0 saturated carbocycles. The topological polar surface area (TPSA) is 64.9 Å². The summed E-state index contributed by atoms with van der Waals surface area (Å²) in [6.45, 7) is 0. The smallest absolute Gasteiger partial charge is 0.399 e. The summed E-state index contributed by atoms with van der Waals surface area (Å²) < 4.78 is 44.1. The fourth-order valence-electron chi connectivity index (χ4n) is 2.00. The molecule has 0 unspecified atom stereocenters. The Bertz CT molecular complexity index is 794. The van der Waals surface area contributed by atoms with E-state index in [1.165, 1.54) is 18.2 Å². The Morgan fingerprint density at radius 3 is 2.32 bits per heavy atom. The molecule has 0 saturated heterocycles. The molecule has 22 heavy (non-hydrogen) atoms. The number of nitrogens with two attached hydrogens (primary N) is 1. The van der Waals surface area contributed by atoms with Gasteiger partial charge in [-0.3, -0.25) is 0 Å². The summed E-state index contributed by atoms with van der Waals surface area (Å²) in [5.74, 6) is 0.0201. The summed E-state index contributed by atoms with van der Waals surface area (Å²) in [5.41, 5.74) is 5.79. The molecule has 0 bridgehead atoms. The van der Waals surface area contributed by atoms with E-state index in [9.17, 15) is 13.2 Å². The highest BCUT2D eigenvalue weighted by Crippen LogP contribution is 2.36. The average molecular weight is 305 g/mol. The van der Waals surface area contributed by atoms with Crippen LogP contribution < -0.4 is 5.73 Å². The minimum atomic E-state index is -4.49. The highest BCUT2D eigenvalue weighted by Gasteiger charge is 2.34. The standard InChI is InChI=1S/C15H10F3N3O/c16-15(17,18)12-4-2-1-3-11(12)13-20-14(22-21-13)9-5-7-10(19)8-6-9/h1-8H,19H2. The maximum atomic E-state index is 13.0. The van der Waals surface area contributed by atoms with Gasteiger partial charge in [-0.2, -0.15) is 18.2 Å². The first-order valence-electron chi connectivity index (χ1n) is 6.31. The van der Waals surface area contributed by atoms with E-state index in [1.54, 1.807) is 24.3 Å². The number of halogens is 3. The lowest BCUT2D eigenvalue weighted by atomic mass is 10.1. The van der Waals surface area contributed by atoms with E-state index in [2.05, 4.69) is 10.1 Å². The van der Waals surface area contributed by atoms with Gasteiger partial charge in [-0.05, 0) is 30.3 Å². The first-order valence-corrected chi connectivity index (χ1v) is 6.31. The molecule has 0 spiro atoms. The zero-order valence-corrected chi connectivity index (χ0v) is 11.1. The van der Waals surface area contributed by atoms with Gasteiger partial charge in [0, 0.05) is 16.8 Å². The summed E-state index contributed by atoms with van der Waals surface area (Å²) in [7, 11) is 0. The molecule has 0 fully saturated rings. The number of benzene rings is 2. The van der Waals surface area contributed by atoms with Crippen molar-refractivity contribution >= 4 is 5.69 Å². The molecule has 4 nitrogen and oxygen atoms in total. The van der Waals surface area contributed by atoms with E-state index < -0.39 is 11.7 Å². The van der Waals surface area contributed by atoms with Crippen LogP contribution in [0.15, 0.2) is 53.1 Å². The predicted octanol–water partition coefficient (Wildman–Crippen LogP) is 4.00. The lowest BCUT2D eigenvalue weighted by Crippen LogP contribution is -2.07. The molecule has 3 aromatic rings. The van der Waals surface area contributed by atoms with Gasteiger partial charge in [0.25, 0.3) is 5.89 Å². The van der Waals surface area contributed by atoms with Crippen LogP contribution in [0.5, 0.6) is 0 Å². The van der Waals surface area contributed by atoms with Crippen molar-refractivity contribution in [1.29, 1.82) is 0 Å². The van der Waals surface area contributed by atoms with E-state index in [-0.39, 0.29) is 17.3 Å². The minimum Gasteiger partial charge on any atom is -0.399 e. The second-order valence-electron chi connectivity index (χ2n) is 4.59. The molecule has 0 aliphatic heterocycles. The van der Waals surface area contributed by atoms with Gasteiger partial charge in [0.1, 0.15) is 0 Å². The molecule has 2 aromatic carbocycles. The maximum Gasteiger partial charge on any atom is 0.417 e. The van der Waals surface area contributed by atoms with Gasteiger partial charge in [-0.1, -0.05) is 23.4 Å². The van der Waals surface area contributed by atoms with E-state index in [0.717, 1.165) is 6.07 Å². The molecule has 2 N–H and O–H groups in total. The largest absolute Gasteiger partial charge is 0.417 e. The van der Waals surface area contributed by atoms with E-state index in [0.29, 0.717) is 11.3 Å². The van der Waals surface area contributed by atoms with Gasteiger partial charge >= 0.3 is 6.18 Å². The first-order chi connectivity index (χ1) is 10.4. The number of aromatic nitrogens is 2. The molecular formula is C15H10F3N3O. The predicted molar refractivity (Wildman–Crippen MR) is 74.6 cm³/mol. The van der Waals surface area contributed by atoms with Crippen molar-refractivity contribution in [3.05, 3.63) is 54.1 Å². The summed E-state index contributed by atoms with van der Waals surface area (Å²) in [6.07, 6.45) is -4.49. The number of nitrogen functional groups attached to an aromatic ring is 1. The first kappa shape index (κ1) is 14.1. The van der Waals surface area contributed by atoms with Crippen LogP contribution in [0, 0.1) is 0 Å². The van der Waals surface area contributed by atoms with Crippen LogP contribution in [0.25, 0.3) is 22.8 Å². The molecule has 0 atom stereocenters. The molecule has 1 aromatic heterocycles. The number of hydrogen-bond acceptors (Lipinski definition) is 4. The fourth-order valence-corrected chi connectivity index (χ4v) is 2.00. The number of nitrogens with zero attached hydrogens (tertiary/aromatic N) is 2. The lowest BCUT2D eigenvalue weighted by Gasteiger charge is -2.09. The third kappa shape index (κ3) is 2.65. The van der Waals surface area contributed by atoms with Gasteiger partial charge < -0.3 is 10.3 Å². The quantitative estimate of drug-likeness (QED) is 0.727. The van der Waals surface area contributed by atoms with Crippen molar-refractivity contribution < 1.29 is 17.7 Å². The summed E-state index contributed by atoms with van der Waals surface area (Å²) in [5, 5.41) is 3.64. The second kappa shape index (κ2) is 5.18. The zero-order chi connectivity index (χ0) is 15.7. The second-order valence-corrected chi connectivity index (χ2v) is 4.59. The number of rotatable bonds is 2. The van der Waals surface area contributed by atoms with Crippen LogP contribution in [0.3, 0.4) is 0 Å². The van der Waals surface area contributed by atoms with Crippen molar-refractivity contribution in [2.75, 3.05) is 5.73 Å². The Kier molecular flexibility index (Phi) is 3.32. The van der Waals surface area contributed by atoms with E-state index in [4.69, 9.17) is 10.3 Å². The van der Waals surface area contributed by atoms with Gasteiger partial charge in [0.15, 0.2) is 0 Å². The van der Waals surface area contributed by atoms with Gasteiger partial charge in [-0.15, -0.1) is 0 Å². The SMILES string of the molecule is Nc1ccc(-c2nc(-c3ccccc3C(F)(F)F)no2)cc1. The summed E-state index contributed by atoms with van der Waals surface area (Å²) in [6, 6.07) is 11.7. The molecule has 0 amide bonds. The van der Waals surface area contributed by atoms with E-state index >= 15 is 0 Å². The van der Waals surface area contributed by atoms with Gasteiger partial charge in [0.2, 0.25) is 5.82 Å². The molecule has 0 aliphatic rings. The third-order valence-corrected chi connectivity index (χ3v) is 3.06. The third-order valence-electron chi connectivity index (χ3n) is 3.06. The number of hydrogen-bond donors (Lipinski definition) is 1. The van der Waals surface area contributed by atoms with Crippen molar-refractivity contribution in [3.8, 4) is 22.8 Å². The van der Waals surface area contributed by atoms with Crippen LogP contribution in [0.2, 0.25) is 0 Å². The Balaban J connectivity index is 2.03. The average Bonchev–Trinajstić information content (AvgIpc) is 2.97. The van der Waals surface area contributed by atoms with Crippen molar-refractivity contribution in [1.82, 2.24) is 10.1 Å². The van der Waals surface area contributed by atoms with Crippen LogP contribution in [0.1, 0.15) is 5.56 Å². The highest BCUT2D eigenvalue weighted by molar-refractivity contribution is 5.64. The molecule has 1 heterocycles. The fraction of sp³-hybridized carbons (Fsp3) is 0.0667. The minimum absolute atomic E-state index is 0.111. The van der Waals surface area contributed by atoms with Crippen molar-refractivity contribution in [2.45, 2.75) is 6.18 Å². The van der Waals surface area contributed by atoms with Crippen molar-refractivity contribution in [3.63, 3.8) is 0 Å². The van der Waals surface area contributed by atoms with Gasteiger partial charge in [0.05, 0.1) is 5.56 Å². The summed E-state index contributed by atoms with van der Waals surface area (Å²) in [4.78, 5) is 4.04. The monoisotopic (exact) mass is 305 g/mol. The highest BCUT2D eigenvalue weighted by atomic mass is 19.4. The van der Waals surface area contributed by atoms with Crippen molar-refractivity contribution in [2.24, 2.45) is 0 Å². The van der Waals surface area contributed by atoms with Crippen LogP contribution in [-0.2, 0) is 6.18 Å². The number of alkyl halides is 3. The number of anilines is 1. The molecule has 3 rings (SSSR count).